The fraction of sp³-hybridized carbons (Fsp3) is 0.455. The molecule has 1 unspecified atom stereocenters. The van der Waals surface area contributed by atoms with Crippen molar-refractivity contribution in [2.24, 2.45) is 0 Å². The van der Waals surface area contributed by atoms with Gasteiger partial charge in [0.05, 0.1) is 16.8 Å². The highest BCUT2D eigenvalue weighted by Gasteiger charge is 2.37. The maximum atomic E-state index is 12.8. The van der Waals surface area contributed by atoms with Gasteiger partial charge in [-0.3, -0.25) is 4.90 Å². The molecule has 0 aromatic heterocycles. The minimum atomic E-state index is -3.36. The normalized spacial score (nSPS) is 26.0. The van der Waals surface area contributed by atoms with Crippen LogP contribution in [0.3, 0.4) is 0 Å². The third-order valence-corrected chi connectivity index (χ3v) is 7.70. The van der Waals surface area contributed by atoms with E-state index in [4.69, 9.17) is 0 Å². The molecule has 144 valence electrons. The molecule has 0 amide bonds. The third kappa shape index (κ3) is 4.10. The first-order valence-corrected chi connectivity index (χ1v) is 11.5. The summed E-state index contributed by atoms with van der Waals surface area (Å²) in [5.74, 6) is 0.0268. The zero-order valence-electron chi connectivity index (χ0n) is 15.5. The van der Waals surface area contributed by atoms with Crippen molar-refractivity contribution in [1.82, 2.24) is 4.90 Å². The summed E-state index contributed by atoms with van der Waals surface area (Å²) in [5.41, 5.74) is 1.97. The van der Waals surface area contributed by atoms with Crippen LogP contribution >= 0.6 is 0 Å². The molecule has 2 bridgehead atoms. The maximum absolute atomic E-state index is 12.8. The molecule has 0 spiro atoms. The SMILES string of the molecule is O=S(=O)(Cc1ccccc1CN1[C@@H]2CCC[C@H]1CC(O)C2)c1ccccc1. The molecule has 2 heterocycles. The van der Waals surface area contributed by atoms with Crippen LogP contribution < -0.4 is 0 Å². The summed E-state index contributed by atoms with van der Waals surface area (Å²) in [6.45, 7) is 0.766. The number of fused-ring (bicyclic) bond motifs is 2. The fourth-order valence-electron chi connectivity index (χ4n) is 4.67. The van der Waals surface area contributed by atoms with Crippen molar-refractivity contribution in [3.8, 4) is 0 Å². The number of hydrogen-bond donors (Lipinski definition) is 1. The van der Waals surface area contributed by atoms with E-state index in [1.54, 1.807) is 24.3 Å². The quantitative estimate of drug-likeness (QED) is 0.855. The summed E-state index contributed by atoms with van der Waals surface area (Å²) >= 11 is 0. The molecular weight excluding hydrogens is 358 g/mol. The van der Waals surface area contributed by atoms with Gasteiger partial charge in [-0.2, -0.15) is 0 Å². The molecule has 4 nitrogen and oxygen atoms in total. The van der Waals surface area contributed by atoms with E-state index in [2.05, 4.69) is 11.0 Å². The topological polar surface area (TPSA) is 57.6 Å². The Bertz CT molecular complexity index is 867. The Labute approximate surface area is 161 Å². The van der Waals surface area contributed by atoms with E-state index in [0.717, 1.165) is 43.4 Å². The van der Waals surface area contributed by atoms with Crippen LogP contribution in [0.1, 0.15) is 43.2 Å². The molecule has 0 radical (unpaired) electrons. The molecule has 27 heavy (non-hydrogen) atoms. The first-order chi connectivity index (χ1) is 13.0. The Kier molecular flexibility index (Phi) is 5.35. The lowest BCUT2D eigenvalue weighted by Gasteiger charge is -2.48. The fourth-order valence-corrected chi connectivity index (χ4v) is 6.10. The zero-order chi connectivity index (χ0) is 18.9. The number of sulfone groups is 1. The highest BCUT2D eigenvalue weighted by atomic mass is 32.2. The number of benzene rings is 2. The largest absolute Gasteiger partial charge is 0.393 e. The van der Waals surface area contributed by atoms with Crippen molar-refractivity contribution < 1.29 is 13.5 Å². The molecule has 1 N–H and O–H groups in total. The molecule has 0 saturated carbocycles. The van der Waals surface area contributed by atoms with Gasteiger partial charge in [-0.25, -0.2) is 8.42 Å². The highest BCUT2D eigenvalue weighted by Crippen LogP contribution is 2.35. The van der Waals surface area contributed by atoms with Gasteiger partial charge in [0.15, 0.2) is 9.84 Å². The zero-order valence-corrected chi connectivity index (χ0v) is 16.3. The number of nitrogens with zero attached hydrogens (tertiary/aromatic N) is 1. The van der Waals surface area contributed by atoms with Gasteiger partial charge >= 0.3 is 0 Å². The number of aliphatic hydroxyl groups excluding tert-OH is 1. The molecule has 3 atom stereocenters. The van der Waals surface area contributed by atoms with Crippen molar-refractivity contribution in [1.29, 1.82) is 0 Å². The molecule has 2 fully saturated rings. The van der Waals surface area contributed by atoms with Crippen LogP contribution in [0.4, 0.5) is 0 Å². The van der Waals surface area contributed by atoms with E-state index in [1.807, 2.05) is 24.3 Å². The predicted molar refractivity (Wildman–Crippen MR) is 106 cm³/mol. The van der Waals surface area contributed by atoms with Crippen LogP contribution in [0, 0.1) is 0 Å². The van der Waals surface area contributed by atoms with Gasteiger partial charge in [-0.05, 0) is 48.9 Å². The number of piperidine rings is 2. The minimum Gasteiger partial charge on any atom is -0.393 e. The minimum absolute atomic E-state index is 0.0268. The van der Waals surface area contributed by atoms with Crippen molar-refractivity contribution in [3.05, 3.63) is 65.7 Å². The van der Waals surface area contributed by atoms with Gasteiger partial charge in [0.2, 0.25) is 0 Å². The van der Waals surface area contributed by atoms with Crippen LogP contribution in [-0.2, 0) is 22.1 Å². The van der Waals surface area contributed by atoms with E-state index in [0.29, 0.717) is 17.0 Å². The third-order valence-electron chi connectivity index (χ3n) is 6.02. The molecule has 4 rings (SSSR count). The Morgan fingerprint density at radius 3 is 2.15 bits per heavy atom. The Hall–Kier alpha value is -1.69. The molecule has 2 aromatic rings. The Morgan fingerprint density at radius 2 is 1.48 bits per heavy atom. The van der Waals surface area contributed by atoms with Crippen molar-refractivity contribution in [2.75, 3.05) is 0 Å². The van der Waals surface area contributed by atoms with Gasteiger partial charge in [0, 0.05) is 18.6 Å². The first kappa shape index (κ1) is 18.7. The Morgan fingerprint density at radius 1 is 0.889 bits per heavy atom. The van der Waals surface area contributed by atoms with Crippen LogP contribution in [0.25, 0.3) is 0 Å². The summed E-state index contributed by atoms with van der Waals surface area (Å²) < 4.78 is 25.7. The summed E-state index contributed by atoms with van der Waals surface area (Å²) in [6.07, 6.45) is 4.95. The summed E-state index contributed by atoms with van der Waals surface area (Å²) in [6, 6.07) is 17.4. The smallest absolute Gasteiger partial charge is 0.182 e. The molecule has 2 saturated heterocycles. The Balaban J connectivity index is 1.57. The van der Waals surface area contributed by atoms with Gasteiger partial charge in [0.1, 0.15) is 0 Å². The molecule has 0 aliphatic carbocycles. The van der Waals surface area contributed by atoms with E-state index in [9.17, 15) is 13.5 Å². The van der Waals surface area contributed by atoms with Crippen molar-refractivity contribution >= 4 is 9.84 Å². The standard InChI is InChI=1S/C22H27NO3S/c24-21-13-19-9-6-10-20(14-21)23(19)15-17-7-4-5-8-18(17)16-27(25,26)22-11-2-1-3-12-22/h1-5,7-8,11-12,19-21,24H,6,9-10,13-16H2/t19-,20+,21?. The van der Waals surface area contributed by atoms with Gasteiger partial charge in [-0.15, -0.1) is 0 Å². The molecule has 2 aliphatic rings. The lowest BCUT2D eigenvalue weighted by Crippen LogP contribution is -2.52. The average molecular weight is 386 g/mol. The maximum Gasteiger partial charge on any atom is 0.182 e. The molecule has 5 heteroatoms. The monoisotopic (exact) mass is 385 g/mol. The van der Waals surface area contributed by atoms with Crippen molar-refractivity contribution in [3.63, 3.8) is 0 Å². The lowest BCUT2D eigenvalue weighted by molar-refractivity contribution is -0.0313. The molecule has 2 aliphatic heterocycles. The summed E-state index contributed by atoms with van der Waals surface area (Å²) in [5, 5.41) is 10.1. The van der Waals surface area contributed by atoms with Gasteiger partial charge in [-0.1, -0.05) is 48.9 Å². The van der Waals surface area contributed by atoms with Crippen LogP contribution in [0.5, 0.6) is 0 Å². The van der Waals surface area contributed by atoms with Crippen LogP contribution in [-0.4, -0.2) is 36.6 Å². The van der Waals surface area contributed by atoms with Crippen LogP contribution in [0.2, 0.25) is 0 Å². The summed E-state index contributed by atoms with van der Waals surface area (Å²) in [4.78, 5) is 2.88. The lowest BCUT2D eigenvalue weighted by atomic mass is 9.82. The number of aliphatic hydroxyl groups is 1. The van der Waals surface area contributed by atoms with Gasteiger partial charge in [0.25, 0.3) is 0 Å². The summed E-state index contributed by atoms with van der Waals surface area (Å²) in [7, 11) is -3.36. The molecule has 2 aromatic carbocycles. The van der Waals surface area contributed by atoms with Crippen molar-refractivity contribution in [2.45, 2.75) is 67.5 Å². The second-order valence-electron chi connectivity index (χ2n) is 7.88. The second-order valence-corrected chi connectivity index (χ2v) is 9.87. The predicted octanol–water partition coefficient (Wildman–Crippen LogP) is 3.54. The number of rotatable bonds is 5. The van der Waals surface area contributed by atoms with Gasteiger partial charge < -0.3 is 5.11 Å². The first-order valence-electron chi connectivity index (χ1n) is 9.81. The second kappa shape index (κ2) is 7.74. The molecular formula is C22H27NO3S. The average Bonchev–Trinajstić information content (AvgIpc) is 2.64. The highest BCUT2D eigenvalue weighted by molar-refractivity contribution is 7.90. The van der Waals surface area contributed by atoms with E-state index in [-0.39, 0.29) is 11.9 Å². The number of hydrogen-bond acceptors (Lipinski definition) is 4. The van der Waals surface area contributed by atoms with E-state index >= 15 is 0 Å². The van der Waals surface area contributed by atoms with Crippen LogP contribution in [0.15, 0.2) is 59.5 Å². The van der Waals surface area contributed by atoms with E-state index < -0.39 is 9.84 Å². The van der Waals surface area contributed by atoms with E-state index in [1.165, 1.54) is 6.42 Å².